The molecule has 0 atom stereocenters. The van der Waals surface area contributed by atoms with Crippen molar-refractivity contribution in [3.05, 3.63) is 15.1 Å². The van der Waals surface area contributed by atoms with Crippen molar-refractivity contribution in [3.63, 3.8) is 0 Å². The molecule has 0 aromatic carbocycles. The minimum absolute atomic E-state index is 0.569. The second-order valence-electron chi connectivity index (χ2n) is 4.10. The molecule has 0 radical (unpaired) electrons. The number of rotatable bonds is 1. The van der Waals surface area contributed by atoms with E-state index in [1.54, 1.807) is 10.7 Å². The van der Waals surface area contributed by atoms with Crippen molar-refractivity contribution in [1.29, 1.82) is 0 Å². The third kappa shape index (κ3) is 1.88. The van der Waals surface area contributed by atoms with Gasteiger partial charge in [-0.3, -0.25) is 0 Å². The Labute approximate surface area is 121 Å². The van der Waals surface area contributed by atoms with Gasteiger partial charge < -0.3 is 16.0 Å². The van der Waals surface area contributed by atoms with Crippen molar-refractivity contribution in [2.24, 2.45) is 0 Å². The molecule has 2 aromatic rings. The van der Waals surface area contributed by atoms with Crippen LogP contribution in [0.25, 0.3) is 5.65 Å². The molecule has 0 amide bonds. The fourth-order valence-corrected chi connectivity index (χ4v) is 2.90. The van der Waals surface area contributed by atoms with Crippen LogP contribution in [0.1, 0.15) is 0 Å². The quantitative estimate of drug-likeness (QED) is 0.784. The molecule has 3 heterocycles. The van der Waals surface area contributed by atoms with Crippen LogP contribution in [0.15, 0.2) is 15.1 Å². The van der Waals surface area contributed by atoms with E-state index in [0.717, 1.165) is 46.6 Å². The summed E-state index contributed by atoms with van der Waals surface area (Å²) in [7, 11) is 0. The van der Waals surface area contributed by atoms with Gasteiger partial charge in [-0.2, -0.15) is 9.61 Å². The molecule has 3 rings (SSSR count). The van der Waals surface area contributed by atoms with Crippen LogP contribution in [-0.2, 0) is 0 Å². The zero-order chi connectivity index (χ0) is 12.7. The normalized spacial score (nSPS) is 16.4. The van der Waals surface area contributed by atoms with E-state index in [-0.39, 0.29) is 0 Å². The molecule has 6 nitrogen and oxygen atoms in total. The number of nitrogen functional groups attached to an aromatic ring is 1. The monoisotopic (exact) mass is 374 g/mol. The van der Waals surface area contributed by atoms with Crippen LogP contribution in [0.5, 0.6) is 0 Å². The molecule has 96 valence electrons. The van der Waals surface area contributed by atoms with E-state index in [1.165, 1.54) is 0 Å². The van der Waals surface area contributed by atoms with E-state index in [9.17, 15) is 0 Å². The molecule has 1 aliphatic rings. The summed E-state index contributed by atoms with van der Waals surface area (Å²) in [5, 5.41) is 7.51. The summed E-state index contributed by atoms with van der Waals surface area (Å²) in [4.78, 5) is 6.86. The fourth-order valence-electron chi connectivity index (χ4n) is 2.04. The molecular weight excluding hydrogens is 364 g/mol. The van der Waals surface area contributed by atoms with Crippen molar-refractivity contribution in [2.75, 3.05) is 36.8 Å². The van der Waals surface area contributed by atoms with Gasteiger partial charge in [0, 0.05) is 26.2 Å². The van der Waals surface area contributed by atoms with Crippen molar-refractivity contribution < 1.29 is 0 Å². The highest BCUT2D eigenvalue weighted by Gasteiger charge is 2.20. The first-order valence-electron chi connectivity index (χ1n) is 5.62. The van der Waals surface area contributed by atoms with E-state index < -0.39 is 0 Å². The van der Waals surface area contributed by atoms with Gasteiger partial charge in [-0.05, 0) is 31.9 Å². The maximum absolute atomic E-state index is 6.09. The number of fused-ring (bicyclic) bond motifs is 1. The molecule has 0 spiro atoms. The SMILES string of the molecule is Nc1c(Br)c(N2CCNCC2)nc2c(Br)cnn12. The Morgan fingerprint density at radius 3 is 2.72 bits per heavy atom. The predicted octanol–water partition coefficient (Wildman–Crippen LogP) is 1.25. The number of nitrogens with two attached hydrogens (primary N) is 1. The van der Waals surface area contributed by atoms with Gasteiger partial charge in [-0.1, -0.05) is 0 Å². The molecule has 0 saturated carbocycles. The van der Waals surface area contributed by atoms with Gasteiger partial charge in [-0.15, -0.1) is 0 Å². The van der Waals surface area contributed by atoms with Gasteiger partial charge >= 0.3 is 0 Å². The highest BCUT2D eigenvalue weighted by atomic mass is 79.9. The zero-order valence-corrected chi connectivity index (χ0v) is 12.7. The molecule has 0 unspecified atom stereocenters. The standard InChI is InChI=1S/C10H12Br2N6/c11-6-5-15-18-8(13)7(12)10(16-9(6)18)17-3-1-14-2-4-17/h5,14H,1-4,13H2. The first-order chi connectivity index (χ1) is 8.68. The predicted molar refractivity (Wildman–Crippen MR) is 77.9 cm³/mol. The van der Waals surface area contributed by atoms with Gasteiger partial charge in [0.2, 0.25) is 0 Å². The lowest BCUT2D eigenvalue weighted by Crippen LogP contribution is -2.44. The maximum Gasteiger partial charge on any atom is 0.173 e. The summed E-state index contributed by atoms with van der Waals surface area (Å²) in [5.74, 6) is 1.45. The second kappa shape index (κ2) is 4.67. The van der Waals surface area contributed by atoms with Gasteiger partial charge in [0.25, 0.3) is 0 Å². The molecule has 0 aliphatic carbocycles. The number of anilines is 2. The van der Waals surface area contributed by atoms with E-state index >= 15 is 0 Å². The lowest BCUT2D eigenvalue weighted by atomic mass is 10.3. The Morgan fingerprint density at radius 2 is 2.00 bits per heavy atom. The number of piperazine rings is 1. The lowest BCUT2D eigenvalue weighted by Gasteiger charge is -2.29. The van der Waals surface area contributed by atoms with Crippen molar-refractivity contribution in [1.82, 2.24) is 19.9 Å². The van der Waals surface area contributed by atoms with Crippen LogP contribution >= 0.6 is 31.9 Å². The average molecular weight is 376 g/mol. The third-order valence-electron chi connectivity index (χ3n) is 2.98. The summed E-state index contributed by atoms with van der Waals surface area (Å²) < 4.78 is 3.27. The van der Waals surface area contributed by atoms with Crippen molar-refractivity contribution in [2.45, 2.75) is 0 Å². The number of nitrogens with one attached hydrogen (secondary N) is 1. The van der Waals surface area contributed by atoms with Crippen LogP contribution in [0.3, 0.4) is 0 Å². The highest BCUT2D eigenvalue weighted by molar-refractivity contribution is 9.11. The molecule has 0 bridgehead atoms. The Kier molecular flexibility index (Phi) is 3.16. The third-order valence-corrected chi connectivity index (χ3v) is 4.30. The van der Waals surface area contributed by atoms with E-state index in [0.29, 0.717) is 5.82 Å². The molecule has 1 fully saturated rings. The van der Waals surface area contributed by atoms with Gasteiger partial charge in [-0.25, -0.2) is 4.98 Å². The lowest BCUT2D eigenvalue weighted by molar-refractivity contribution is 0.584. The summed E-state index contributed by atoms with van der Waals surface area (Å²) in [5.41, 5.74) is 6.83. The number of hydrogen-bond acceptors (Lipinski definition) is 5. The number of halogens is 2. The number of hydrogen-bond donors (Lipinski definition) is 2. The minimum atomic E-state index is 0.569. The topological polar surface area (TPSA) is 71.5 Å². The molecule has 2 aromatic heterocycles. The maximum atomic E-state index is 6.09. The number of aromatic nitrogens is 3. The number of nitrogens with zero attached hydrogens (tertiary/aromatic N) is 4. The summed E-state index contributed by atoms with van der Waals surface area (Å²) in [6.45, 7) is 3.76. The van der Waals surface area contributed by atoms with Crippen LogP contribution < -0.4 is 16.0 Å². The minimum Gasteiger partial charge on any atom is -0.383 e. The molecule has 18 heavy (non-hydrogen) atoms. The van der Waals surface area contributed by atoms with Crippen LogP contribution in [0.2, 0.25) is 0 Å². The van der Waals surface area contributed by atoms with Gasteiger partial charge in [0.15, 0.2) is 5.65 Å². The zero-order valence-electron chi connectivity index (χ0n) is 9.53. The fraction of sp³-hybridized carbons (Fsp3) is 0.400. The van der Waals surface area contributed by atoms with Crippen molar-refractivity contribution >= 4 is 49.1 Å². The van der Waals surface area contributed by atoms with Crippen molar-refractivity contribution in [3.8, 4) is 0 Å². The summed E-state index contributed by atoms with van der Waals surface area (Å²) in [6, 6.07) is 0. The van der Waals surface area contributed by atoms with Crippen LogP contribution in [0, 0.1) is 0 Å². The van der Waals surface area contributed by atoms with E-state index in [4.69, 9.17) is 5.73 Å². The Bertz CT molecular complexity index is 590. The Balaban J connectivity index is 2.15. The summed E-state index contributed by atoms with van der Waals surface area (Å²) in [6.07, 6.45) is 1.70. The largest absolute Gasteiger partial charge is 0.383 e. The van der Waals surface area contributed by atoms with E-state index in [1.807, 2.05) is 0 Å². The average Bonchev–Trinajstić information content (AvgIpc) is 2.77. The van der Waals surface area contributed by atoms with Gasteiger partial charge in [0.1, 0.15) is 16.1 Å². The molecular formula is C10H12Br2N6. The first-order valence-corrected chi connectivity index (χ1v) is 7.21. The second-order valence-corrected chi connectivity index (χ2v) is 5.75. The Morgan fingerprint density at radius 1 is 1.28 bits per heavy atom. The molecule has 1 aliphatic heterocycles. The molecule has 3 N–H and O–H groups in total. The Hall–Kier alpha value is -0.860. The molecule has 8 heteroatoms. The van der Waals surface area contributed by atoms with Crippen LogP contribution in [0.4, 0.5) is 11.6 Å². The van der Waals surface area contributed by atoms with E-state index in [2.05, 4.69) is 52.2 Å². The molecule has 1 saturated heterocycles. The van der Waals surface area contributed by atoms with Gasteiger partial charge in [0.05, 0.1) is 10.7 Å². The van der Waals surface area contributed by atoms with Crippen LogP contribution in [-0.4, -0.2) is 40.8 Å². The smallest absolute Gasteiger partial charge is 0.173 e. The first kappa shape index (κ1) is 12.2. The summed E-state index contributed by atoms with van der Waals surface area (Å²) >= 11 is 6.96. The highest BCUT2D eigenvalue weighted by Crippen LogP contribution is 2.32.